The molecule has 0 bridgehead atoms. The molecule has 0 aromatic carbocycles. The van der Waals surface area contributed by atoms with Gasteiger partial charge in [-0.15, -0.1) is 0 Å². The van der Waals surface area contributed by atoms with Crippen LogP contribution in [0, 0.1) is 6.92 Å². The van der Waals surface area contributed by atoms with E-state index in [9.17, 15) is 0 Å². The van der Waals surface area contributed by atoms with Crippen molar-refractivity contribution in [3.63, 3.8) is 0 Å². The number of hydrogen-bond acceptors (Lipinski definition) is 7. The molecule has 0 N–H and O–H groups in total. The zero-order valence-corrected chi connectivity index (χ0v) is 11.8. The Morgan fingerprint density at radius 2 is 2.14 bits per heavy atom. The van der Waals surface area contributed by atoms with Gasteiger partial charge in [-0.1, -0.05) is 5.16 Å². The number of aromatic nitrogens is 4. The van der Waals surface area contributed by atoms with Gasteiger partial charge in [0.05, 0.1) is 18.1 Å². The van der Waals surface area contributed by atoms with E-state index in [4.69, 9.17) is 9.26 Å². The predicted octanol–water partition coefficient (Wildman–Crippen LogP) is 1.32. The second-order valence-electron chi connectivity index (χ2n) is 5.58. The summed E-state index contributed by atoms with van der Waals surface area (Å²) in [6, 6.07) is 2.17. The lowest BCUT2D eigenvalue weighted by atomic mass is 9.90. The van der Waals surface area contributed by atoms with E-state index >= 15 is 0 Å². The van der Waals surface area contributed by atoms with Crippen molar-refractivity contribution >= 4 is 5.95 Å². The van der Waals surface area contributed by atoms with Crippen LogP contribution in [0.2, 0.25) is 0 Å². The van der Waals surface area contributed by atoms with Gasteiger partial charge >= 0.3 is 0 Å². The number of ether oxygens (including phenoxy) is 1. The highest BCUT2D eigenvalue weighted by Crippen LogP contribution is 2.36. The third-order valence-electron chi connectivity index (χ3n) is 4.21. The lowest BCUT2D eigenvalue weighted by molar-refractivity contribution is 0.0755. The van der Waals surface area contributed by atoms with E-state index in [-0.39, 0.29) is 12.0 Å². The third kappa shape index (κ3) is 2.27. The molecule has 0 aliphatic carbocycles. The van der Waals surface area contributed by atoms with Crippen LogP contribution in [0.1, 0.15) is 30.5 Å². The molecule has 2 aromatic rings. The molecule has 2 aliphatic heterocycles. The number of nitrogens with zero attached hydrogens (tertiary/aromatic N) is 5. The molecule has 2 aromatic heterocycles. The highest BCUT2D eigenvalue weighted by atomic mass is 16.5. The van der Waals surface area contributed by atoms with Gasteiger partial charge in [0.2, 0.25) is 11.8 Å². The molecule has 2 fully saturated rings. The monoisotopic (exact) mass is 287 g/mol. The lowest BCUT2D eigenvalue weighted by Crippen LogP contribution is -2.49. The molecule has 7 nitrogen and oxygen atoms in total. The minimum absolute atomic E-state index is 0.161. The maximum Gasteiger partial charge on any atom is 0.231 e. The highest BCUT2D eigenvalue weighted by molar-refractivity contribution is 5.34. The van der Waals surface area contributed by atoms with Gasteiger partial charge in [-0.05, 0) is 25.8 Å². The molecule has 0 radical (unpaired) electrons. The third-order valence-corrected chi connectivity index (χ3v) is 4.21. The summed E-state index contributed by atoms with van der Waals surface area (Å²) in [7, 11) is 0. The van der Waals surface area contributed by atoms with E-state index in [0.29, 0.717) is 17.8 Å². The zero-order valence-electron chi connectivity index (χ0n) is 11.8. The molecule has 2 saturated heterocycles. The first-order valence-electron chi connectivity index (χ1n) is 7.27. The Morgan fingerprint density at radius 3 is 2.90 bits per heavy atom. The summed E-state index contributed by atoms with van der Waals surface area (Å²) >= 11 is 0. The molecule has 4 rings (SSSR count). The quantitative estimate of drug-likeness (QED) is 0.824. The normalized spacial score (nSPS) is 28.6. The summed E-state index contributed by atoms with van der Waals surface area (Å²) in [5, 5.41) is 3.90. The largest absolute Gasteiger partial charge is 0.376 e. The van der Waals surface area contributed by atoms with Gasteiger partial charge < -0.3 is 14.2 Å². The summed E-state index contributed by atoms with van der Waals surface area (Å²) in [6.07, 6.45) is 5.65. The molecule has 0 amide bonds. The van der Waals surface area contributed by atoms with E-state index < -0.39 is 0 Å². The fourth-order valence-corrected chi connectivity index (χ4v) is 3.27. The van der Waals surface area contributed by atoms with Crippen molar-refractivity contribution in [1.29, 1.82) is 0 Å². The van der Waals surface area contributed by atoms with Gasteiger partial charge in [0.1, 0.15) is 0 Å². The number of piperidine rings is 1. The Bertz CT molecular complexity index is 617. The molecular formula is C14H17N5O2. The fourth-order valence-electron chi connectivity index (χ4n) is 3.27. The van der Waals surface area contributed by atoms with Crippen molar-refractivity contribution in [2.45, 2.75) is 37.8 Å². The maximum absolute atomic E-state index is 5.88. The Labute approximate surface area is 122 Å². The Kier molecular flexibility index (Phi) is 3.07. The molecule has 110 valence electrons. The number of fused-ring (bicyclic) bond motifs is 1. The minimum atomic E-state index is 0.161. The second-order valence-corrected chi connectivity index (χ2v) is 5.58. The summed E-state index contributed by atoms with van der Waals surface area (Å²) in [5.74, 6) is 2.26. The SMILES string of the molecule is Cc1noc([C@H]2C[C@@H]3OCC[C@@H]3N(c3ncccn3)C2)n1. The van der Waals surface area contributed by atoms with Gasteiger partial charge in [0.15, 0.2) is 5.82 Å². The minimum Gasteiger partial charge on any atom is -0.376 e. The number of rotatable bonds is 2. The fraction of sp³-hybridized carbons (Fsp3) is 0.571. The van der Waals surface area contributed by atoms with Gasteiger partial charge in [-0.3, -0.25) is 0 Å². The second kappa shape index (κ2) is 5.07. The van der Waals surface area contributed by atoms with Gasteiger partial charge in [-0.25, -0.2) is 9.97 Å². The van der Waals surface area contributed by atoms with E-state index in [2.05, 4.69) is 25.0 Å². The van der Waals surface area contributed by atoms with Crippen molar-refractivity contribution in [2.75, 3.05) is 18.1 Å². The highest BCUT2D eigenvalue weighted by Gasteiger charge is 2.43. The van der Waals surface area contributed by atoms with Crippen molar-refractivity contribution in [3.05, 3.63) is 30.2 Å². The van der Waals surface area contributed by atoms with Crippen molar-refractivity contribution in [2.24, 2.45) is 0 Å². The Hall–Kier alpha value is -2.02. The van der Waals surface area contributed by atoms with Crippen molar-refractivity contribution in [3.8, 4) is 0 Å². The van der Waals surface area contributed by atoms with E-state index in [1.54, 1.807) is 12.4 Å². The van der Waals surface area contributed by atoms with Crippen LogP contribution in [0.25, 0.3) is 0 Å². The van der Waals surface area contributed by atoms with Crippen LogP contribution in [0.5, 0.6) is 0 Å². The molecule has 7 heteroatoms. The molecular weight excluding hydrogens is 270 g/mol. The topological polar surface area (TPSA) is 77.2 Å². The number of hydrogen-bond donors (Lipinski definition) is 0. The van der Waals surface area contributed by atoms with E-state index in [0.717, 1.165) is 31.9 Å². The van der Waals surface area contributed by atoms with Gasteiger partial charge in [0.25, 0.3) is 0 Å². The molecule has 4 heterocycles. The van der Waals surface area contributed by atoms with Gasteiger partial charge in [-0.2, -0.15) is 4.98 Å². The maximum atomic E-state index is 5.88. The Balaban J connectivity index is 1.65. The van der Waals surface area contributed by atoms with Crippen molar-refractivity contribution in [1.82, 2.24) is 20.1 Å². The first-order chi connectivity index (χ1) is 10.3. The zero-order chi connectivity index (χ0) is 14.2. The lowest BCUT2D eigenvalue weighted by Gasteiger charge is -2.39. The average Bonchev–Trinajstić information content (AvgIpc) is 3.15. The standard InChI is InChI=1S/C14H17N5O2/c1-9-17-13(21-18-9)10-7-12-11(3-6-20-12)19(8-10)14-15-4-2-5-16-14/h2,4-5,10-12H,3,6-8H2,1H3/t10-,11-,12-/m0/s1. The van der Waals surface area contributed by atoms with Crippen LogP contribution >= 0.6 is 0 Å². The number of aryl methyl sites for hydroxylation is 1. The van der Waals surface area contributed by atoms with Crippen LogP contribution in [-0.4, -0.2) is 45.4 Å². The molecule has 3 atom stereocenters. The average molecular weight is 287 g/mol. The van der Waals surface area contributed by atoms with Crippen LogP contribution < -0.4 is 4.90 Å². The molecule has 2 aliphatic rings. The van der Waals surface area contributed by atoms with Crippen LogP contribution in [0.4, 0.5) is 5.95 Å². The summed E-state index contributed by atoms with van der Waals surface area (Å²) in [5.41, 5.74) is 0. The predicted molar refractivity (Wildman–Crippen MR) is 73.9 cm³/mol. The van der Waals surface area contributed by atoms with E-state index in [1.807, 2.05) is 13.0 Å². The summed E-state index contributed by atoms with van der Waals surface area (Å²) in [6.45, 7) is 3.41. The molecule has 0 saturated carbocycles. The smallest absolute Gasteiger partial charge is 0.231 e. The first kappa shape index (κ1) is 12.7. The first-order valence-corrected chi connectivity index (χ1v) is 7.27. The number of anilines is 1. The van der Waals surface area contributed by atoms with Crippen LogP contribution in [0.15, 0.2) is 23.0 Å². The van der Waals surface area contributed by atoms with Crippen LogP contribution in [-0.2, 0) is 4.74 Å². The van der Waals surface area contributed by atoms with E-state index in [1.165, 1.54) is 0 Å². The molecule has 21 heavy (non-hydrogen) atoms. The molecule has 0 spiro atoms. The summed E-state index contributed by atoms with van der Waals surface area (Å²) in [4.78, 5) is 15.4. The Morgan fingerprint density at radius 1 is 1.29 bits per heavy atom. The van der Waals surface area contributed by atoms with Crippen LogP contribution in [0.3, 0.4) is 0 Å². The summed E-state index contributed by atoms with van der Waals surface area (Å²) < 4.78 is 11.2. The van der Waals surface area contributed by atoms with Gasteiger partial charge in [0, 0.05) is 25.5 Å². The van der Waals surface area contributed by atoms with Crippen molar-refractivity contribution < 1.29 is 9.26 Å². The molecule has 0 unspecified atom stereocenters.